The molecule has 7 N–H and O–H groups in total. The summed E-state index contributed by atoms with van der Waals surface area (Å²) < 4.78 is 5.19. The predicted molar refractivity (Wildman–Crippen MR) is 199 cm³/mol. The number of aliphatic hydroxyl groups is 1. The van der Waals surface area contributed by atoms with Gasteiger partial charge in [0.15, 0.2) is 0 Å². The molecular formula is C34H46N8O8S2. The summed E-state index contributed by atoms with van der Waals surface area (Å²) >= 11 is 2.57. The Kier molecular flexibility index (Phi) is 18.0. The van der Waals surface area contributed by atoms with Gasteiger partial charge in [-0.1, -0.05) is 59.7 Å². The maximum absolute atomic E-state index is 13.6. The summed E-state index contributed by atoms with van der Waals surface area (Å²) in [5, 5.41) is 22.8. The van der Waals surface area contributed by atoms with Crippen molar-refractivity contribution in [3.63, 3.8) is 0 Å². The van der Waals surface area contributed by atoms with Crippen molar-refractivity contribution in [3.05, 3.63) is 81.2 Å². The van der Waals surface area contributed by atoms with E-state index in [9.17, 15) is 33.9 Å². The van der Waals surface area contributed by atoms with Gasteiger partial charge in [-0.25, -0.2) is 4.79 Å². The van der Waals surface area contributed by atoms with Crippen LogP contribution in [0.4, 0.5) is 4.79 Å². The van der Waals surface area contributed by atoms with Gasteiger partial charge in [0.2, 0.25) is 29.5 Å². The fourth-order valence-corrected chi connectivity index (χ4v) is 6.32. The summed E-state index contributed by atoms with van der Waals surface area (Å²) in [5.41, 5.74) is 17.3. The molecule has 0 bridgehead atoms. The molecule has 0 aliphatic rings. The Labute approximate surface area is 310 Å². The van der Waals surface area contributed by atoms with Crippen molar-refractivity contribution in [3.8, 4) is 0 Å². The lowest BCUT2D eigenvalue weighted by Gasteiger charge is -2.26. The van der Waals surface area contributed by atoms with Crippen molar-refractivity contribution < 1.29 is 38.6 Å². The van der Waals surface area contributed by atoms with Crippen LogP contribution in [0.3, 0.4) is 0 Å². The molecule has 0 aliphatic carbocycles. The molecule has 6 amide bonds. The number of nitrogens with two attached hydrogens (primary N) is 1. The van der Waals surface area contributed by atoms with E-state index in [-0.39, 0.29) is 11.5 Å². The average Bonchev–Trinajstić information content (AvgIpc) is 3.06. The molecule has 18 heteroatoms. The van der Waals surface area contributed by atoms with Crippen molar-refractivity contribution in [1.82, 2.24) is 21.3 Å². The van der Waals surface area contributed by atoms with Crippen LogP contribution in [0.5, 0.6) is 0 Å². The number of amides is 6. The molecule has 282 valence electrons. The lowest BCUT2D eigenvalue weighted by molar-refractivity contribution is -0.134. The highest BCUT2D eigenvalue weighted by Crippen LogP contribution is 2.16. The minimum Gasteiger partial charge on any atom is -0.444 e. The molecule has 2 aromatic rings. The first-order chi connectivity index (χ1) is 24.5. The van der Waals surface area contributed by atoms with Crippen LogP contribution < -0.4 is 27.0 Å². The number of alkyl carbamates (subject to hydrolysis) is 1. The number of nitrogens with zero attached hydrogens (tertiary/aromatic N) is 3. The van der Waals surface area contributed by atoms with Crippen LogP contribution >= 0.6 is 23.5 Å². The SMILES string of the molecule is Cc1ccc(CSC[C@H](NC(=O)[C@H](CO)NC(=O)[C@H](CSCc2ccc(C)cc2)NC(=O)[C@H](CC(N)=O)NC(=O)OC(C)(C)C)C(=O)N=[N+]=[N-])cc1. The van der Waals surface area contributed by atoms with Crippen LogP contribution in [0.15, 0.2) is 53.6 Å². The number of primary amides is 1. The average molecular weight is 759 g/mol. The second kappa shape index (κ2) is 21.6. The smallest absolute Gasteiger partial charge is 0.408 e. The standard InChI is InChI=1S/C34H46N8O8S2/c1-20-6-10-22(11-7-20)16-51-18-26(38-29(45)24(14-28(35)44)40-33(49)50-34(3,4)5)31(47)37-25(15-43)30(46)39-27(32(48)41-42-36)19-52-17-23-12-8-21(2)9-13-23/h6-13,24-27,43H,14-19H2,1-5H3,(H2,35,44)(H,37,47)(H,38,45)(H,39,46)(H,40,49)/t24-,25-,26-,27-/m0/s1. The van der Waals surface area contributed by atoms with Crippen molar-refractivity contribution in [2.24, 2.45) is 10.8 Å². The molecule has 0 spiro atoms. The first-order valence-corrected chi connectivity index (χ1v) is 18.5. The number of carbonyl (C=O) groups excluding carboxylic acids is 6. The second-order valence-corrected chi connectivity index (χ2v) is 14.8. The van der Waals surface area contributed by atoms with Crippen molar-refractivity contribution in [1.29, 1.82) is 0 Å². The normalized spacial score (nSPS) is 13.3. The molecule has 2 rings (SSSR count). The van der Waals surface area contributed by atoms with Gasteiger partial charge in [0.25, 0.3) is 0 Å². The van der Waals surface area contributed by atoms with E-state index < -0.39 is 78.4 Å². The van der Waals surface area contributed by atoms with Gasteiger partial charge in [0, 0.05) is 27.9 Å². The summed E-state index contributed by atoms with van der Waals surface area (Å²) in [6.07, 6.45) is -1.61. The van der Waals surface area contributed by atoms with Gasteiger partial charge in [-0.3, -0.25) is 24.0 Å². The van der Waals surface area contributed by atoms with Crippen molar-refractivity contribution in [2.45, 2.75) is 82.3 Å². The number of benzene rings is 2. The Morgan fingerprint density at radius 2 is 1.21 bits per heavy atom. The number of azide groups is 1. The van der Waals surface area contributed by atoms with E-state index in [4.69, 9.17) is 16.0 Å². The second-order valence-electron chi connectivity index (χ2n) is 12.8. The van der Waals surface area contributed by atoms with E-state index in [0.29, 0.717) is 11.5 Å². The van der Waals surface area contributed by atoms with E-state index in [0.717, 1.165) is 22.3 Å². The number of hydrogen-bond acceptors (Lipinski definition) is 10. The fraction of sp³-hybridized carbons (Fsp3) is 0.471. The van der Waals surface area contributed by atoms with Crippen LogP contribution in [0.25, 0.3) is 10.4 Å². The van der Waals surface area contributed by atoms with Crippen LogP contribution in [0, 0.1) is 13.8 Å². The fourth-order valence-electron chi connectivity index (χ4n) is 4.30. The predicted octanol–water partition coefficient (Wildman–Crippen LogP) is 2.52. The molecule has 0 radical (unpaired) electrons. The highest BCUT2D eigenvalue weighted by atomic mass is 32.2. The van der Waals surface area contributed by atoms with E-state index in [2.05, 4.69) is 31.3 Å². The van der Waals surface area contributed by atoms with Gasteiger partial charge in [-0.15, -0.1) is 0 Å². The van der Waals surface area contributed by atoms with E-state index in [1.807, 2.05) is 62.4 Å². The van der Waals surface area contributed by atoms with Gasteiger partial charge in [0.05, 0.1) is 13.0 Å². The Morgan fingerprint density at radius 1 is 0.769 bits per heavy atom. The first kappa shape index (κ1) is 43.4. The lowest BCUT2D eigenvalue weighted by Crippen LogP contribution is -2.59. The number of thioether (sulfide) groups is 2. The number of hydrogen-bond donors (Lipinski definition) is 6. The third-order valence-electron chi connectivity index (χ3n) is 6.97. The quantitative estimate of drug-likeness (QED) is 0.0693. The van der Waals surface area contributed by atoms with Gasteiger partial charge in [-0.2, -0.15) is 23.5 Å². The monoisotopic (exact) mass is 758 g/mol. The zero-order chi connectivity index (χ0) is 38.8. The van der Waals surface area contributed by atoms with Gasteiger partial charge >= 0.3 is 6.09 Å². The number of rotatable bonds is 19. The Bertz CT molecular complexity index is 1600. The minimum atomic E-state index is -1.58. The number of ether oxygens (including phenoxy) is 1. The number of aryl methyl sites for hydroxylation is 2. The topological polar surface area (TPSA) is 255 Å². The van der Waals surface area contributed by atoms with Crippen molar-refractivity contribution in [2.75, 3.05) is 18.1 Å². The Balaban J connectivity index is 2.22. The van der Waals surface area contributed by atoms with Crippen LogP contribution in [0.1, 0.15) is 49.4 Å². The molecule has 16 nitrogen and oxygen atoms in total. The van der Waals surface area contributed by atoms with E-state index in [1.54, 1.807) is 20.8 Å². The Morgan fingerprint density at radius 3 is 1.67 bits per heavy atom. The third kappa shape index (κ3) is 16.5. The summed E-state index contributed by atoms with van der Waals surface area (Å²) in [6, 6.07) is 9.64. The lowest BCUT2D eigenvalue weighted by atomic mass is 10.1. The van der Waals surface area contributed by atoms with Gasteiger partial charge in [0.1, 0.15) is 29.8 Å². The zero-order valence-electron chi connectivity index (χ0n) is 29.7. The van der Waals surface area contributed by atoms with Crippen molar-refractivity contribution >= 4 is 59.2 Å². The third-order valence-corrected chi connectivity index (χ3v) is 9.18. The molecule has 0 aliphatic heterocycles. The first-order valence-electron chi connectivity index (χ1n) is 16.2. The minimum absolute atomic E-state index is 0.0177. The molecular weight excluding hydrogens is 713 g/mol. The molecule has 0 fully saturated rings. The number of aliphatic hydroxyl groups excluding tert-OH is 1. The van der Waals surface area contributed by atoms with Crippen LogP contribution in [0.2, 0.25) is 0 Å². The van der Waals surface area contributed by atoms with Crippen LogP contribution in [-0.4, -0.2) is 88.6 Å². The number of nitrogens with one attached hydrogen (secondary N) is 4. The maximum atomic E-state index is 13.6. The van der Waals surface area contributed by atoms with E-state index in [1.165, 1.54) is 23.5 Å². The summed E-state index contributed by atoms with van der Waals surface area (Å²) in [4.78, 5) is 79.5. The highest BCUT2D eigenvalue weighted by Gasteiger charge is 2.32. The molecule has 0 saturated carbocycles. The molecule has 4 atom stereocenters. The summed E-state index contributed by atoms with van der Waals surface area (Å²) in [5.74, 6) is -3.74. The highest BCUT2D eigenvalue weighted by molar-refractivity contribution is 7.98. The molecule has 52 heavy (non-hydrogen) atoms. The molecule has 2 aromatic carbocycles. The summed E-state index contributed by atoms with van der Waals surface area (Å²) in [6.45, 7) is 7.81. The molecule has 0 aromatic heterocycles. The zero-order valence-corrected chi connectivity index (χ0v) is 31.3. The molecule has 0 unspecified atom stereocenters. The number of carbonyl (C=O) groups is 6. The van der Waals surface area contributed by atoms with Crippen LogP contribution in [-0.2, 0) is 40.2 Å². The molecule has 0 saturated heterocycles. The van der Waals surface area contributed by atoms with Gasteiger partial charge < -0.3 is 36.8 Å². The maximum Gasteiger partial charge on any atom is 0.408 e. The summed E-state index contributed by atoms with van der Waals surface area (Å²) in [7, 11) is 0. The van der Waals surface area contributed by atoms with E-state index >= 15 is 0 Å². The van der Waals surface area contributed by atoms with Gasteiger partial charge in [-0.05, 0) is 56.4 Å². The largest absolute Gasteiger partial charge is 0.444 e. The Hall–Kier alpha value is -4.77. The molecule has 0 heterocycles.